The second kappa shape index (κ2) is 13.8. The summed E-state index contributed by atoms with van der Waals surface area (Å²) < 4.78 is 7.41. The number of ether oxygens (including phenoxy) is 1. The van der Waals surface area contributed by atoms with Crippen LogP contribution in [0.2, 0.25) is 0 Å². The Labute approximate surface area is 183 Å². The van der Waals surface area contributed by atoms with E-state index in [0.717, 1.165) is 36.1 Å². The van der Waals surface area contributed by atoms with Gasteiger partial charge in [-0.1, -0.05) is 56.7 Å². The van der Waals surface area contributed by atoms with Gasteiger partial charge in [-0.25, -0.2) is 0 Å². The minimum absolute atomic E-state index is 0.0541. The number of hydrogen-bond donors (Lipinski definition) is 1. The van der Waals surface area contributed by atoms with Crippen molar-refractivity contribution in [2.45, 2.75) is 51.4 Å². The van der Waals surface area contributed by atoms with Crippen LogP contribution in [0.5, 0.6) is 0 Å². The van der Waals surface area contributed by atoms with Crippen molar-refractivity contribution >= 4 is 24.7 Å². The molecule has 0 bridgehead atoms. The molecule has 0 aliphatic heterocycles. The molecule has 0 radical (unpaired) electrons. The molecule has 1 heterocycles. The molecular formula is C24H40N3O2P. The van der Waals surface area contributed by atoms with Gasteiger partial charge in [0.1, 0.15) is 0 Å². The van der Waals surface area contributed by atoms with Crippen LogP contribution in [0.1, 0.15) is 51.4 Å². The highest BCUT2D eigenvalue weighted by Crippen LogP contribution is 2.24. The summed E-state index contributed by atoms with van der Waals surface area (Å²) in [5, 5.41) is 4.40. The fraction of sp³-hybridized carbons (Fsp3) is 0.625. The molecule has 2 aromatic rings. The van der Waals surface area contributed by atoms with Gasteiger partial charge in [-0.2, -0.15) is 0 Å². The van der Waals surface area contributed by atoms with Crippen LogP contribution in [0.15, 0.2) is 35.1 Å². The Morgan fingerprint density at radius 1 is 1.03 bits per heavy atom. The van der Waals surface area contributed by atoms with E-state index in [1.807, 2.05) is 32.3 Å². The summed E-state index contributed by atoms with van der Waals surface area (Å²) in [7, 11) is 5.80. The summed E-state index contributed by atoms with van der Waals surface area (Å²) in [5.74, 6) is 0. The molecule has 0 saturated carbocycles. The van der Waals surface area contributed by atoms with Crippen molar-refractivity contribution in [1.82, 2.24) is 9.65 Å². The first kappa shape index (κ1) is 24.8. The minimum Gasteiger partial charge on any atom is -0.376 e. The molecule has 0 aliphatic carbocycles. The highest BCUT2D eigenvalue weighted by molar-refractivity contribution is 7.54. The Bertz CT molecular complexity index is 809. The number of anilines is 1. The highest BCUT2D eigenvalue weighted by atomic mass is 31.1. The Hall–Kier alpha value is -1.42. The van der Waals surface area contributed by atoms with Crippen molar-refractivity contribution in [2.24, 2.45) is 7.05 Å². The first-order chi connectivity index (χ1) is 14.5. The van der Waals surface area contributed by atoms with Gasteiger partial charge in [0.15, 0.2) is 0 Å². The molecule has 1 atom stereocenters. The average molecular weight is 434 g/mol. The number of hydrogen-bond acceptors (Lipinski definition) is 4. The molecule has 6 heteroatoms. The number of nitrogens with one attached hydrogen (secondary N) is 1. The van der Waals surface area contributed by atoms with Crippen LogP contribution in [-0.2, 0) is 11.8 Å². The second-order valence-electron chi connectivity index (χ2n) is 8.15. The van der Waals surface area contributed by atoms with Crippen molar-refractivity contribution < 1.29 is 4.74 Å². The Balaban J connectivity index is 1.58. The first-order valence-electron chi connectivity index (χ1n) is 11.3. The summed E-state index contributed by atoms with van der Waals surface area (Å²) in [5.41, 5.74) is 2.09. The van der Waals surface area contributed by atoms with Crippen LogP contribution >= 0.6 is 8.07 Å². The fourth-order valence-corrected chi connectivity index (χ4v) is 4.24. The van der Waals surface area contributed by atoms with Gasteiger partial charge in [-0.3, -0.25) is 9.88 Å². The maximum Gasteiger partial charge on any atom is 0.252 e. The third kappa shape index (κ3) is 8.02. The molecule has 0 spiro atoms. The number of unbranched alkanes of at least 4 members (excludes halogenated alkanes) is 7. The number of aromatic nitrogens is 1. The molecule has 1 aromatic heterocycles. The van der Waals surface area contributed by atoms with E-state index in [0.29, 0.717) is 0 Å². The SMILES string of the molecule is CNP(C)COCCCCCCCCCCN(C)c1cc(=O)n(C)c2ccccc12. The standard InChI is InChI=1S/C24H40N3O2P/c1-25-30(4)20-29-18-14-10-8-6-5-7-9-13-17-26(2)23-19-24(28)27(3)22-16-12-11-15-21(22)23/h11-12,15-16,19,25H,5-10,13-14,17-18,20H2,1-4H3. The van der Waals surface area contributed by atoms with E-state index in [1.165, 1.54) is 51.4 Å². The van der Waals surface area contributed by atoms with E-state index >= 15 is 0 Å². The highest BCUT2D eigenvalue weighted by Gasteiger charge is 2.09. The minimum atomic E-state index is -0.139. The second-order valence-corrected chi connectivity index (χ2v) is 10.3. The zero-order chi connectivity index (χ0) is 21.8. The molecule has 0 amide bonds. The lowest BCUT2D eigenvalue weighted by atomic mass is 10.1. The predicted molar refractivity (Wildman–Crippen MR) is 132 cm³/mol. The Kier molecular flexibility index (Phi) is 11.4. The van der Waals surface area contributed by atoms with Gasteiger partial charge in [0.2, 0.25) is 0 Å². The smallest absolute Gasteiger partial charge is 0.252 e. The molecule has 0 fully saturated rings. The monoisotopic (exact) mass is 433 g/mol. The molecule has 1 unspecified atom stereocenters. The lowest BCUT2D eigenvalue weighted by Gasteiger charge is -2.22. The summed E-state index contributed by atoms with van der Waals surface area (Å²) in [6.07, 6.45) is 11.0. The predicted octanol–water partition coefficient (Wildman–Crippen LogP) is 5.32. The summed E-state index contributed by atoms with van der Waals surface area (Å²) in [6.45, 7) is 4.09. The molecule has 0 aliphatic rings. The van der Waals surface area contributed by atoms with Crippen LogP contribution in [0.4, 0.5) is 5.69 Å². The first-order valence-corrected chi connectivity index (χ1v) is 13.3. The van der Waals surface area contributed by atoms with E-state index < -0.39 is 0 Å². The summed E-state index contributed by atoms with van der Waals surface area (Å²) >= 11 is 0. The van der Waals surface area contributed by atoms with E-state index in [4.69, 9.17) is 4.74 Å². The molecule has 1 aromatic carbocycles. The molecule has 0 saturated heterocycles. The van der Waals surface area contributed by atoms with Gasteiger partial charge in [-0.05, 0) is 40.7 Å². The van der Waals surface area contributed by atoms with Gasteiger partial charge >= 0.3 is 0 Å². The van der Waals surface area contributed by atoms with Crippen molar-refractivity contribution in [3.05, 3.63) is 40.7 Å². The number of fused-ring (bicyclic) bond motifs is 1. The molecule has 30 heavy (non-hydrogen) atoms. The van der Waals surface area contributed by atoms with Crippen LogP contribution in [-0.4, -0.2) is 44.8 Å². The molecule has 5 nitrogen and oxygen atoms in total. The average Bonchev–Trinajstić information content (AvgIpc) is 2.76. The van der Waals surface area contributed by atoms with Crippen LogP contribution in [0.3, 0.4) is 0 Å². The quantitative estimate of drug-likeness (QED) is 0.305. The van der Waals surface area contributed by atoms with Crippen LogP contribution < -0.4 is 15.5 Å². The Morgan fingerprint density at radius 3 is 2.37 bits per heavy atom. The summed E-state index contributed by atoms with van der Waals surface area (Å²) in [4.78, 5) is 14.5. The van der Waals surface area contributed by atoms with Gasteiger partial charge in [0, 0.05) is 38.7 Å². The molecule has 1 N–H and O–H groups in total. The number of para-hydroxylation sites is 1. The Morgan fingerprint density at radius 2 is 1.67 bits per heavy atom. The molecule has 168 valence electrons. The molecule has 2 rings (SSSR count). The maximum absolute atomic E-state index is 12.3. The van der Waals surface area contributed by atoms with Gasteiger partial charge < -0.3 is 14.2 Å². The van der Waals surface area contributed by atoms with Crippen molar-refractivity contribution in [1.29, 1.82) is 0 Å². The third-order valence-electron chi connectivity index (χ3n) is 5.74. The van der Waals surface area contributed by atoms with E-state index in [9.17, 15) is 4.79 Å². The number of pyridine rings is 1. The number of rotatable bonds is 15. The topological polar surface area (TPSA) is 46.5 Å². The lowest BCUT2D eigenvalue weighted by molar-refractivity contribution is 0.173. The molecular weight excluding hydrogens is 393 g/mol. The fourth-order valence-electron chi connectivity index (χ4n) is 3.71. The van der Waals surface area contributed by atoms with Gasteiger partial charge in [-0.15, -0.1) is 0 Å². The zero-order valence-electron chi connectivity index (χ0n) is 19.3. The van der Waals surface area contributed by atoms with Crippen LogP contribution in [0, 0.1) is 0 Å². The number of nitrogens with zero attached hydrogens (tertiary/aromatic N) is 2. The van der Waals surface area contributed by atoms with E-state index in [1.54, 1.807) is 10.6 Å². The lowest BCUT2D eigenvalue weighted by Crippen LogP contribution is -2.23. The van der Waals surface area contributed by atoms with Crippen molar-refractivity contribution in [2.75, 3.05) is 45.2 Å². The number of aryl methyl sites for hydroxylation is 1. The third-order valence-corrected chi connectivity index (χ3v) is 7.08. The van der Waals surface area contributed by atoms with E-state index in [2.05, 4.69) is 29.8 Å². The van der Waals surface area contributed by atoms with Crippen molar-refractivity contribution in [3.8, 4) is 0 Å². The van der Waals surface area contributed by atoms with Gasteiger partial charge in [0.25, 0.3) is 5.56 Å². The van der Waals surface area contributed by atoms with Crippen molar-refractivity contribution in [3.63, 3.8) is 0 Å². The normalized spacial score (nSPS) is 12.4. The van der Waals surface area contributed by atoms with Crippen LogP contribution in [0.25, 0.3) is 10.9 Å². The number of benzene rings is 1. The maximum atomic E-state index is 12.3. The zero-order valence-corrected chi connectivity index (χ0v) is 20.2. The largest absolute Gasteiger partial charge is 0.376 e. The van der Waals surface area contributed by atoms with Gasteiger partial charge in [0.05, 0.1) is 17.6 Å². The van der Waals surface area contributed by atoms with E-state index in [-0.39, 0.29) is 13.6 Å². The summed E-state index contributed by atoms with van der Waals surface area (Å²) in [6, 6.07) is 9.92.